The lowest BCUT2D eigenvalue weighted by atomic mass is 10.2. The van der Waals surface area contributed by atoms with Crippen molar-refractivity contribution in [3.63, 3.8) is 0 Å². The highest BCUT2D eigenvalue weighted by Gasteiger charge is 2.22. The van der Waals surface area contributed by atoms with Crippen molar-refractivity contribution in [1.29, 1.82) is 0 Å². The second-order valence-electron chi connectivity index (χ2n) is 4.91. The first-order chi connectivity index (χ1) is 10.0. The van der Waals surface area contributed by atoms with Gasteiger partial charge in [-0.1, -0.05) is 6.92 Å². The van der Waals surface area contributed by atoms with Gasteiger partial charge in [-0.2, -0.15) is 5.10 Å². The van der Waals surface area contributed by atoms with Crippen LogP contribution >= 0.6 is 0 Å². The standard InChI is InChI=1S/C13H26N4O3S/c1-4-7-14-10-12-11(2)16-17-13(12)21(18,19)15-8-5-6-9-20-3/h14-15H,4-10H2,1-3H3,(H,16,17). The summed E-state index contributed by atoms with van der Waals surface area (Å²) in [4.78, 5) is 0. The number of H-pyrrole nitrogens is 1. The molecule has 0 radical (unpaired) electrons. The molecular weight excluding hydrogens is 292 g/mol. The Hall–Kier alpha value is -0.960. The Labute approximate surface area is 126 Å². The molecule has 0 saturated carbocycles. The van der Waals surface area contributed by atoms with Crippen LogP contribution in [-0.4, -0.2) is 45.4 Å². The van der Waals surface area contributed by atoms with E-state index in [9.17, 15) is 8.42 Å². The number of methoxy groups -OCH3 is 1. The number of aromatic amines is 1. The molecule has 0 bridgehead atoms. The number of ether oxygens (including phenoxy) is 1. The maximum absolute atomic E-state index is 12.3. The number of nitrogens with one attached hydrogen (secondary N) is 3. The lowest BCUT2D eigenvalue weighted by molar-refractivity contribution is 0.193. The van der Waals surface area contributed by atoms with Crippen LogP contribution in [0.15, 0.2) is 5.03 Å². The average Bonchev–Trinajstić information content (AvgIpc) is 2.81. The fourth-order valence-corrected chi connectivity index (χ4v) is 3.16. The van der Waals surface area contributed by atoms with Crippen molar-refractivity contribution in [3.05, 3.63) is 11.3 Å². The van der Waals surface area contributed by atoms with Crippen LogP contribution in [0.2, 0.25) is 0 Å². The molecule has 1 heterocycles. The normalized spacial score (nSPS) is 12.0. The first-order valence-electron chi connectivity index (χ1n) is 7.26. The van der Waals surface area contributed by atoms with Crippen LogP contribution in [0.1, 0.15) is 37.4 Å². The Morgan fingerprint density at radius 1 is 1.29 bits per heavy atom. The van der Waals surface area contributed by atoms with E-state index in [1.165, 1.54) is 0 Å². The molecule has 1 aromatic heterocycles. The quantitative estimate of drug-likeness (QED) is 0.527. The number of aromatic nitrogens is 2. The SMILES string of the molecule is CCCNCc1c(S(=O)(=O)NCCCCOC)n[nH]c1C. The van der Waals surface area contributed by atoms with Crippen molar-refractivity contribution < 1.29 is 13.2 Å². The van der Waals surface area contributed by atoms with Crippen LogP contribution in [0.25, 0.3) is 0 Å². The summed E-state index contributed by atoms with van der Waals surface area (Å²) in [7, 11) is -1.94. The molecule has 8 heteroatoms. The predicted octanol–water partition coefficient (Wildman–Crippen LogP) is 0.923. The second kappa shape index (κ2) is 9.14. The topological polar surface area (TPSA) is 96.1 Å². The van der Waals surface area contributed by atoms with Crippen molar-refractivity contribution in [2.24, 2.45) is 0 Å². The number of hydrogen-bond donors (Lipinski definition) is 3. The number of hydrogen-bond acceptors (Lipinski definition) is 5. The van der Waals surface area contributed by atoms with Gasteiger partial charge in [0, 0.05) is 38.1 Å². The molecule has 0 fully saturated rings. The zero-order valence-electron chi connectivity index (χ0n) is 13.0. The van der Waals surface area contributed by atoms with Crippen molar-refractivity contribution in [2.75, 3.05) is 26.8 Å². The second-order valence-corrected chi connectivity index (χ2v) is 6.59. The first-order valence-corrected chi connectivity index (χ1v) is 8.74. The molecule has 1 rings (SSSR count). The average molecular weight is 318 g/mol. The van der Waals surface area contributed by atoms with E-state index >= 15 is 0 Å². The third-order valence-electron chi connectivity index (χ3n) is 3.09. The monoisotopic (exact) mass is 318 g/mol. The molecule has 0 spiro atoms. The molecule has 21 heavy (non-hydrogen) atoms. The molecule has 0 aromatic carbocycles. The smallest absolute Gasteiger partial charge is 0.260 e. The number of sulfonamides is 1. The Kier molecular flexibility index (Phi) is 7.87. The van der Waals surface area contributed by atoms with Crippen molar-refractivity contribution in [1.82, 2.24) is 20.2 Å². The van der Waals surface area contributed by atoms with Crippen molar-refractivity contribution in [2.45, 2.75) is 44.7 Å². The summed E-state index contributed by atoms with van der Waals surface area (Å²) >= 11 is 0. The fraction of sp³-hybridized carbons (Fsp3) is 0.769. The lowest BCUT2D eigenvalue weighted by Gasteiger charge is -2.08. The lowest BCUT2D eigenvalue weighted by Crippen LogP contribution is -2.27. The zero-order chi connectivity index (χ0) is 15.7. The maximum Gasteiger partial charge on any atom is 0.260 e. The van der Waals surface area contributed by atoms with Gasteiger partial charge in [0.25, 0.3) is 10.0 Å². The molecule has 0 unspecified atom stereocenters. The summed E-state index contributed by atoms with van der Waals surface area (Å²) in [5.74, 6) is 0. The summed E-state index contributed by atoms with van der Waals surface area (Å²) in [6, 6.07) is 0. The van der Waals surface area contributed by atoms with E-state index in [1.54, 1.807) is 7.11 Å². The van der Waals surface area contributed by atoms with Gasteiger partial charge in [-0.15, -0.1) is 0 Å². The molecule has 0 aliphatic carbocycles. The minimum Gasteiger partial charge on any atom is -0.385 e. The predicted molar refractivity (Wildman–Crippen MR) is 81.6 cm³/mol. The number of rotatable bonds is 11. The molecule has 0 saturated heterocycles. The number of aryl methyl sites for hydroxylation is 1. The molecular formula is C13H26N4O3S. The summed E-state index contributed by atoms with van der Waals surface area (Å²) in [5, 5.41) is 9.99. The molecule has 3 N–H and O–H groups in total. The van der Waals surface area contributed by atoms with Crippen LogP contribution < -0.4 is 10.0 Å². The minimum atomic E-state index is -3.57. The Morgan fingerprint density at radius 2 is 2.05 bits per heavy atom. The number of unbranched alkanes of at least 4 members (excludes halogenated alkanes) is 1. The molecule has 0 aliphatic heterocycles. The van der Waals surface area contributed by atoms with E-state index in [1.807, 2.05) is 6.92 Å². The summed E-state index contributed by atoms with van der Waals surface area (Å²) in [5.41, 5.74) is 1.48. The van der Waals surface area contributed by atoms with Crippen molar-refractivity contribution in [3.8, 4) is 0 Å². The highest BCUT2D eigenvalue weighted by atomic mass is 32.2. The molecule has 122 valence electrons. The van der Waals surface area contributed by atoms with Gasteiger partial charge < -0.3 is 10.1 Å². The summed E-state index contributed by atoms with van der Waals surface area (Å²) in [6.45, 7) is 6.25. The molecule has 0 aliphatic rings. The Balaban J connectivity index is 2.65. The minimum absolute atomic E-state index is 0.0929. The third-order valence-corrected chi connectivity index (χ3v) is 4.52. The van der Waals surface area contributed by atoms with E-state index in [4.69, 9.17) is 4.74 Å². The molecule has 7 nitrogen and oxygen atoms in total. The Bertz CT molecular complexity index is 513. The van der Waals surface area contributed by atoms with Gasteiger partial charge in [0.15, 0.2) is 5.03 Å². The van der Waals surface area contributed by atoms with Crippen LogP contribution in [0.4, 0.5) is 0 Å². The Morgan fingerprint density at radius 3 is 2.71 bits per heavy atom. The van der Waals surface area contributed by atoms with E-state index in [-0.39, 0.29) is 5.03 Å². The summed E-state index contributed by atoms with van der Waals surface area (Å²) in [6.07, 6.45) is 2.56. The maximum atomic E-state index is 12.3. The van der Waals surface area contributed by atoms with Gasteiger partial charge >= 0.3 is 0 Å². The van der Waals surface area contributed by atoms with Crippen LogP contribution in [-0.2, 0) is 21.3 Å². The highest BCUT2D eigenvalue weighted by Crippen LogP contribution is 2.15. The van der Waals surface area contributed by atoms with Crippen LogP contribution in [0.5, 0.6) is 0 Å². The van der Waals surface area contributed by atoms with Crippen molar-refractivity contribution >= 4 is 10.0 Å². The van der Waals surface area contributed by atoms with Gasteiger partial charge in [0.05, 0.1) is 0 Å². The largest absolute Gasteiger partial charge is 0.385 e. The molecule has 1 aromatic rings. The van der Waals surface area contributed by atoms with E-state index in [2.05, 4.69) is 27.2 Å². The highest BCUT2D eigenvalue weighted by molar-refractivity contribution is 7.89. The fourth-order valence-electron chi connectivity index (χ4n) is 1.90. The van der Waals surface area contributed by atoms with Gasteiger partial charge in [-0.3, -0.25) is 5.10 Å². The van der Waals surface area contributed by atoms with E-state index in [0.717, 1.165) is 31.5 Å². The van der Waals surface area contributed by atoms with Crippen LogP contribution in [0.3, 0.4) is 0 Å². The van der Waals surface area contributed by atoms with E-state index in [0.29, 0.717) is 25.3 Å². The molecule has 0 atom stereocenters. The number of nitrogens with zero attached hydrogens (tertiary/aromatic N) is 1. The van der Waals surface area contributed by atoms with Gasteiger partial charge in [-0.25, -0.2) is 13.1 Å². The van der Waals surface area contributed by atoms with Gasteiger partial charge in [0.1, 0.15) is 0 Å². The van der Waals surface area contributed by atoms with E-state index < -0.39 is 10.0 Å². The third kappa shape index (κ3) is 5.74. The first kappa shape index (κ1) is 18.1. The van der Waals surface area contributed by atoms with Gasteiger partial charge in [0.2, 0.25) is 0 Å². The zero-order valence-corrected chi connectivity index (χ0v) is 13.8. The van der Waals surface area contributed by atoms with Gasteiger partial charge in [-0.05, 0) is 32.7 Å². The van der Waals surface area contributed by atoms with Crippen LogP contribution in [0, 0.1) is 6.92 Å². The summed E-state index contributed by atoms with van der Waals surface area (Å²) < 4.78 is 32.1. The molecule has 0 amide bonds.